The summed E-state index contributed by atoms with van der Waals surface area (Å²) in [7, 11) is 0. The molecule has 1 aromatic heterocycles. The molecule has 3 aromatic rings. The summed E-state index contributed by atoms with van der Waals surface area (Å²) in [6.45, 7) is 7.71. The molecule has 7 heteroatoms. The van der Waals surface area contributed by atoms with Gasteiger partial charge in [-0.1, -0.05) is 35.9 Å². The van der Waals surface area contributed by atoms with Crippen LogP contribution in [0.3, 0.4) is 0 Å². The van der Waals surface area contributed by atoms with Crippen LogP contribution in [0, 0.1) is 13.8 Å². The van der Waals surface area contributed by atoms with Crippen LogP contribution in [0.5, 0.6) is 0 Å². The Kier molecular flexibility index (Phi) is 7.22. The molecule has 1 unspecified atom stereocenters. The molecule has 2 heterocycles. The van der Waals surface area contributed by atoms with Crippen molar-refractivity contribution in [2.75, 3.05) is 38.2 Å². The van der Waals surface area contributed by atoms with Gasteiger partial charge in [0.1, 0.15) is 0 Å². The highest BCUT2D eigenvalue weighted by Gasteiger charge is 2.21. The zero-order chi connectivity index (χ0) is 23.2. The van der Waals surface area contributed by atoms with Crippen molar-refractivity contribution in [2.24, 2.45) is 0 Å². The monoisotopic (exact) mass is 447 g/mol. The van der Waals surface area contributed by atoms with Gasteiger partial charge < -0.3 is 19.8 Å². The summed E-state index contributed by atoms with van der Waals surface area (Å²) in [5.74, 6) is -0.331. The van der Waals surface area contributed by atoms with Gasteiger partial charge in [-0.3, -0.25) is 14.5 Å². The normalized spacial score (nSPS) is 15.1. The van der Waals surface area contributed by atoms with E-state index >= 15 is 0 Å². The minimum absolute atomic E-state index is 0.168. The molecule has 0 spiro atoms. The Morgan fingerprint density at radius 3 is 2.45 bits per heavy atom. The second-order valence-corrected chi connectivity index (χ2v) is 8.31. The van der Waals surface area contributed by atoms with Crippen LogP contribution in [0.2, 0.25) is 0 Å². The third kappa shape index (κ3) is 5.88. The van der Waals surface area contributed by atoms with E-state index in [9.17, 15) is 9.59 Å². The van der Waals surface area contributed by atoms with Gasteiger partial charge >= 0.3 is 0 Å². The Labute approximate surface area is 193 Å². The second kappa shape index (κ2) is 10.5. The Bertz CT molecular complexity index is 1090. The Morgan fingerprint density at radius 2 is 1.76 bits per heavy atom. The highest BCUT2D eigenvalue weighted by molar-refractivity contribution is 6.04. The lowest BCUT2D eigenvalue weighted by atomic mass is 10.0. The highest BCUT2D eigenvalue weighted by atomic mass is 16.5. The van der Waals surface area contributed by atoms with Gasteiger partial charge in [-0.2, -0.15) is 0 Å². The average molecular weight is 448 g/mol. The van der Waals surface area contributed by atoms with Gasteiger partial charge in [0.05, 0.1) is 25.5 Å². The van der Waals surface area contributed by atoms with E-state index in [0.29, 0.717) is 31.0 Å². The molecular formula is C26H29N3O4. The van der Waals surface area contributed by atoms with Crippen LogP contribution in [0.4, 0.5) is 5.69 Å². The van der Waals surface area contributed by atoms with Crippen molar-refractivity contribution >= 4 is 17.5 Å². The summed E-state index contributed by atoms with van der Waals surface area (Å²) in [4.78, 5) is 27.9. The van der Waals surface area contributed by atoms with E-state index in [4.69, 9.17) is 9.15 Å². The molecule has 1 atom stereocenters. The summed E-state index contributed by atoms with van der Waals surface area (Å²) in [5.41, 5.74) is 4.14. The summed E-state index contributed by atoms with van der Waals surface area (Å²) in [5, 5.41) is 6.02. The number of hydrogen-bond donors (Lipinski definition) is 2. The fraction of sp³-hybridized carbons (Fsp3) is 0.308. The maximum Gasteiger partial charge on any atom is 0.291 e. The first kappa shape index (κ1) is 22.8. The molecular weight excluding hydrogens is 418 g/mol. The zero-order valence-corrected chi connectivity index (χ0v) is 19.0. The number of hydrogen-bond acceptors (Lipinski definition) is 5. The lowest BCUT2D eigenvalue weighted by molar-refractivity contribution is 0.0332. The van der Waals surface area contributed by atoms with Gasteiger partial charge in [0.15, 0.2) is 5.76 Å². The molecule has 33 heavy (non-hydrogen) atoms. The van der Waals surface area contributed by atoms with Gasteiger partial charge in [-0.15, -0.1) is 0 Å². The van der Waals surface area contributed by atoms with Crippen LogP contribution >= 0.6 is 0 Å². The van der Waals surface area contributed by atoms with E-state index in [1.165, 1.54) is 11.8 Å². The predicted octanol–water partition coefficient (Wildman–Crippen LogP) is 3.95. The number of amides is 2. The lowest BCUT2D eigenvalue weighted by Crippen LogP contribution is -2.43. The molecule has 172 valence electrons. The summed E-state index contributed by atoms with van der Waals surface area (Å²) in [6.07, 6.45) is 1.45. The van der Waals surface area contributed by atoms with E-state index in [2.05, 4.69) is 39.8 Å². The van der Waals surface area contributed by atoms with E-state index in [-0.39, 0.29) is 23.6 Å². The third-order valence-corrected chi connectivity index (χ3v) is 5.82. The summed E-state index contributed by atoms with van der Waals surface area (Å²) in [6, 6.07) is 16.6. The first-order valence-corrected chi connectivity index (χ1v) is 11.1. The molecule has 2 amide bonds. The molecule has 2 aromatic carbocycles. The largest absolute Gasteiger partial charge is 0.459 e. The van der Waals surface area contributed by atoms with Crippen molar-refractivity contribution in [3.8, 4) is 0 Å². The number of nitrogens with one attached hydrogen (secondary N) is 2. The smallest absolute Gasteiger partial charge is 0.291 e. The quantitative estimate of drug-likeness (QED) is 0.573. The van der Waals surface area contributed by atoms with Crippen LogP contribution in [-0.2, 0) is 4.74 Å². The van der Waals surface area contributed by atoms with E-state index in [1.807, 2.05) is 19.9 Å². The number of morpholine rings is 1. The molecule has 7 nitrogen and oxygen atoms in total. The number of anilines is 1. The standard InChI is InChI=1S/C26H29N3O4/c1-18-5-8-20(9-6-18)23(17-29-11-14-32-15-12-29)28-25(30)21-10-7-19(2)22(16-21)27-26(31)24-4-3-13-33-24/h3-10,13,16,23H,11-12,14-15,17H2,1-2H3,(H,27,31)(H,28,30). The first-order chi connectivity index (χ1) is 16.0. The fourth-order valence-electron chi connectivity index (χ4n) is 3.81. The Morgan fingerprint density at radius 1 is 1.00 bits per heavy atom. The lowest BCUT2D eigenvalue weighted by Gasteiger charge is -2.31. The van der Waals surface area contributed by atoms with E-state index in [0.717, 1.165) is 24.2 Å². The number of carbonyl (C=O) groups excluding carboxylic acids is 2. The highest BCUT2D eigenvalue weighted by Crippen LogP contribution is 2.21. The summed E-state index contributed by atoms with van der Waals surface area (Å²) < 4.78 is 10.6. The van der Waals surface area contributed by atoms with Crippen LogP contribution in [-0.4, -0.2) is 49.6 Å². The maximum atomic E-state index is 13.2. The fourth-order valence-corrected chi connectivity index (χ4v) is 3.81. The molecule has 1 aliphatic rings. The maximum absolute atomic E-state index is 13.2. The molecule has 0 aliphatic carbocycles. The van der Waals surface area contributed by atoms with Crippen molar-refractivity contribution in [3.63, 3.8) is 0 Å². The number of aryl methyl sites for hydroxylation is 2. The SMILES string of the molecule is Cc1ccc(C(CN2CCOCC2)NC(=O)c2ccc(C)c(NC(=O)c3ccco3)c2)cc1. The molecule has 1 saturated heterocycles. The van der Waals surface area contributed by atoms with Gasteiger partial charge in [-0.05, 0) is 49.2 Å². The zero-order valence-electron chi connectivity index (χ0n) is 19.0. The van der Waals surface area contributed by atoms with Gasteiger partial charge in [0.2, 0.25) is 0 Å². The molecule has 0 radical (unpaired) electrons. The number of rotatable bonds is 7. The number of ether oxygens (including phenoxy) is 1. The molecule has 1 aliphatic heterocycles. The topological polar surface area (TPSA) is 83.8 Å². The molecule has 1 fully saturated rings. The molecule has 0 bridgehead atoms. The number of furan rings is 1. The Hall–Kier alpha value is -3.42. The van der Waals surface area contributed by atoms with Crippen molar-refractivity contribution < 1.29 is 18.7 Å². The molecule has 0 saturated carbocycles. The van der Waals surface area contributed by atoms with Crippen LogP contribution < -0.4 is 10.6 Å². The second-order valence-electron chi connectivity index (χ2n) is 8.31. The van der Waals surface area contributed by atoms with E-state index in [1.54, 1.807) is 24.3 Å². The van der Waals surface area contributed by atoms with Crippen molar-refractivity contribution in [1.29, 1.82) is 0 Å². The van der Waals surface area contributed by atoms with Crippen molar-refractivity contribution in [1.82, 2.24) is 10.2 Å². The minimum atomic E-state index is -0.356. The number of benzene rings is 2. The van der Waals surface area contributed by atoms with Crippen molar-refractivity contribution in [3.05, 3.63) is 88.9 Å². The van der Waals surface area contributed by atoms with Crippen molar-refractivity contribution in [2.45, 2.75) is 19.9 Å². The Balaban J connectivity index is 1.51. The average Bonchev–Trinajstić information content (AvgIpc) is 3.36. The third-order valence-electron chi connectivity index (χ3n) is 5.82. The van der Waals surface area contributed by atoms with Crippen LogP contribution in [0.25, 0.3) is 0 Å². The van der Waals surface area contributed by atoms with Gasteiger partial charge in [0, 0.05) is 30.9 Å². The first-order valence-electron chi connectivity index (χ1n) is 11.1. The van der Waals surface area contributed by atoms with E-state index < -0.39 is 0 Å². The number of carbonyl (C=O) groups is 2. The van der Waals surface area contributed by atoms with Crippen LogP contribution in [0.15, 0.2) is 65.3 Å². The van der Waals surface area contributed by atoms with Crippen LogP contribution in [0.1, 0.15) is 43.6 Å². The predicted molar refractivity (Wildman–Crippen MR) is 126 cm³/mol. The molecule has 2 N–H and O–H groups in total. The van der Waals surface area contributed by atoms with Gasteiger partial charge in [-0.25, -0.2) is 0 Å². The minimum Gasteiger partial charge on any atom is -0.459 e. The number of nitrogens with zero attached hydrogens (tertiary/aromatic N) is 1. The molecule has 4 rings (SSSR count). The summed E-state index contributed by atoms with van der Waals surface area (Å²) >= 11 is 0. The van der Waals surface area contributed by atoms with Gasteiger partial charge in [0.25, 0.3) is 11.8 Å².